The van der Waals surface area contributed by atoms with Gasteiger partial charge in [-0.15, -0.1) is 0 Å². The van der Waals surface area contributed by atoms with E-state index in [2.05, 4.69) is 10.3 Å². The Morgan fingerprint density at radius 1 is 1.30 bits per heavy atom. The summed E-state index contributed by atoms with van der Waals surface area (Å²) in [4.78, 5) is 16.4. The molecule has 0 saturated carbocycles. The van der Waals surface area contributed by atoms with Gasteiger partial charge in [0.15, 0.2) is 5.13 Å². The summed E-state index contributed by atoms with van der Waals surface area (Å²) in [5, 5.41) is 3.21. The molecule has 0 aliphatic heterocycles. The van der Waals surface area contributed by atoms with E-state index in [0.717, 1.165) is 16.0 Å². The Kier molecular flexibility index (Phi) is 4.52. The van der Waals surface area contributed by atoms with E-state index in [1.165, 1.54) is 17.4 Å². The fourth-order valence-electron chi connectivity index (χ4n) is 2.19. The first-order valence-corrected chi connectivity index (χ1v) is 8.04. The fraction of sp³-hybridized carbons (Fsp3) is 0.176. The summed E-state index contributed by atoms with van der Waals surface area (Å²) in [5.74, 6) is 0.0976. The van der Waals surface area contributed by atoms with Gasteiger partial charge in [0.25, 0.3) is 0 Å². The predicted octanol–water partition coefficient (Wildman–Crippen LogP) is 4.02. The summed E-state index contributed by atoms with van der Waals surface area (Å²) in [6, 6.07) is 11.8. The van der Waals surface area contributed by atoms with E-state index in [9.17, 15) is 9.18 Å². The predicted molar refractivity (Wildman–Crippen MR) is 89.5 cm³/mol. The van der Waals surface area contributed by atoms with E-state index in [1.807, 2.05) is 25.1 Å². The van der Waals surface area contributed by atoms with Gasteiger partial charge in [0.2, 0.25) is 5.91 Å². The molecule has 0 radical (unpaired) electrons. The topological polar surface area (TPSA) is 51.2 Å². The fourth-order valence-corrected chi connectivity index (χ4v) is 3.10. The number of carbonyl (C=O) groups is 1. The zero-order valence-electron chi connectivity index (χ0n) is 12.5. The molecule has 0 fully saturated rings. The Labute approximate surface area is 136 Å². The number of halogens is 1. The van der Waals surface area contributed by atoms with Crippen LogP contribution < -0.4 is 10.1 Å². The van der Waals surface area contributed by atoms with E-state index in [-0.39, 0.29) is 18.1 Å². The zero-order valence-corrected chi connectivity index (χ0v) is 13.3. The summed E-state index contributed by atoms with van der Waals surface area (Å²) in [6.45, 7) is 2.52. The van der Waals surface area contributed by atoms with Crippen molar-refractivity contribution in [1.82, 2.24) is 4.98 Å². The average molecular weight is 330 g/mol. The summed E-state index contributed by atoms with van der Waals surface area (Å²) >= 11 is 1.36. The third-order valence-electron chi connectivity index (χ3n) is 3.23. The number of anilines is 1. The van der Waals surface area contributed by atoms with Crippen LogP contribution in [0.15, 0.2) is 42.5 Å². The first-order chi connectivity index (χ1) is 11.2. The number of rotatable bonds is 5. The van der Waals surface area contributed by atoms with Gasteiger partial charge in [-0.3, -0.25) is 4.79 Å². The lowest BCUT2D eigenvalue weighted by Crippen LogP contribution is -2.14. The van der Waals surface area contributed by atoms with Crippen molar-refractivity contribution in [3.8, 4) is 5.75 Å². The van der Waals surface area contributed by atoms with Crippen molar-refractivity contribution < 1.29 is 13.9 Å². The summed E-state index contributed by atoms with van der Waals surface area (Å²) < 4.78 is 19.9. The molecule has 0 spiro atoms. The van der Waals surface area contributed by atoms with E-state index in [0.29, 0.717) is 17.3 Å². The molecule has 0 aliphatic carbocycles. The highest BCUT2D eigenvalue weighted by Crippen LogP contribution is 2.29. The molecule has 1 aromatic heterocycles. The van der Waals surface area contributed by atoms with Crippen LogP contribution >= 0.6 is 11.3 Å². The first-order valence-electron chi connectivity index (χ1n) is 7.22. The lowest BCUT2D eigenvalue weighted by molar-refractivity contribution is -0.115. The van der Waals surface area contributed by atoms with Crippen LogP contribution in [0.1, 0.15) is 12.5 Å². The molecule has 23 heavy (non-hydrogen) atoms. The van der Waals surface area contributed by atoms with Gasteiger partial charge in [-0.2, -0.15) is 0 Å². The molecule has 1 N–H and O–H groups in total. The molecule has 0 saturated heterocycles. The molecule has 118 valence electrons. The van der Waals surface area contributed by atoms with E-state index in [4.69, 9.17) is 4.74 Å². The van der Waals surface area contributed by atoms with Crippen LogP contribution in [0.3, 0.4) is 0 Å². The van der Waals surface area contributed by atoms with Gasteiger partial charge >= 0.3 is 0 Å². The van der Waals surface area contributed by atoms with Crippen LogP contribution in [0.25, 0.3) is 10.2 Å². The van der Waals surface area contributed by atoms with Crippen molar-refractivity contribution in [3.05, 3.63) is 53.8 Å². The van der Waals surface area contributed by atoms with Crippen molar-refractivity contribution >= 4 is 32.6 Å². The quantitative estimate of drug-likeness (QED) is 0.769. The Hall–Kier alpha value is -2.47. The van der Waals surface area contributed by atoms with Crippen LogP contribution in [0, 0.1) is 5.82 Å². The number of amides is 1. The lowest BCUT2D eigenvalue weighted by atomic mass is 10.1. The highest BCUT2D eigenvalue weighted by Gasteiger charge is 2.11. The highest BCUT2D eigenvalue weighted by molar-refractivity contribution is 7.22. The summed E-state index contributed by atoms with van der Waals surface area (Å²) in [6.07, 6.45) is -0.0210. The smallest absolute Gasteiger partial charge is 0.230 e. The molecule has 6 heteroatoms. The number of carbonyl (C=O) groups excluding carboxylic acids is 1. The molecule has 1 amide bonds. The lowest BCUT2D eigenvalue weighted by Gasteiger charge is -2.02. The van der Waals surface area contributed by atoms with Crippen molar-refractivity contribution in [3.63, 3.8) is 0 Å². The van der Waals surface area contributed by atoms with Crippen LogP contribution in [0.4, 0.5) is 9.52 Å². The van der Waals surface area contributed by atoms with Gasteiger partial charge in [0, 0.05) is 0 Å². The minimum Gasteiger partial charge on any atom is -0.494 e. The molecule has 3 rings (SSSR count). The normalized spacial score (nSPS) is 10.7. The van der Waals surface area contributed by atoms with Gasteiger partial charge in [-0.25, -0.2) is 9.37 Å². The van der Waals surface area contributed by atoms with Gasteiger partial charge < -0.3 is 10.1 Å². The minimum atomic E-state index is -0.381. The Morgan fingerprint density at radius 2 is 2.13 bits per heavy atom. The average Bonchev–Trinajstić information content (AvgIpc) is 2.91. The number of ether oxygens (including phenoxy) is 1. The third kappa shape index (κ3) is 3.65. The monoisotopic (exact) mass is 330 g/mol. The van der Waals surface area contributed by atoms with Gasteiger partial charge in [-0.05, 0) is 36.8 Å². The van der Waals surface area contributed by atoms with Crippen LogP contribution in [-0.2, 0) is 11.2 Å². The van der Waals surface area contributed by atoms with Gasteiger partial charge in [0.05, 0.1) is 23.2 Å². The van der Waals surface area contributed by atoms with Crippen molar-refractivity contribution in [1.29, 1.82) is 0 Å². The Balaban J connectivity index is 1.73. The van der Waals surface area contributed by atoms with E-state index in [1.54, 1.807) is 18.2 Å². The second-order valence-corrected chi connectivity index (χ2v) is 5.93. The SMILES string of the molecule is CCOc1ccc2nc(NC(=O)Cc3ccccc3F)sc2c1. The third-order valence-corrected chi connectivity index (χ3v) is 4.16. The number of nitrogens with zero attached hydrogens (tertiary/aromatic N) is 1. The van der Waals surface area contributed by atoms with E-state index < -0.39 is 0 Å². The first kappa shape index (κ1) is 15.4. The number of hydrogen-bond acceptors (Lipinski definition) is 4. The number of thiazole rings is 1. The molecule has 0 unspecified atom stereocenters. The van der Waals surface area contributed by atoms with Crippen LogP contribution in [-0.4, -0.2) is 17.5 Å². The second kappa shape index (κ2) is 6.75. The number of fused-ring (bicyclic) bond motifs is 1. The van der Waals surface area contributed by atoms with Crippen molar-refractivity contribution in [2.24, 2.45) is 0 Å². The maximum Gasteiger partial charge on any atom is 0.230 e. The number of nitrogens with one attached hydrogen (secondary N) is 1. The molecular formula is C17H15FN2O2S. The van der Waals surface area contributed by atoms with Gasteiger partial charge in [-0.1, -0.05) is 29.5 Å². The largest absolute Gasteiger partial charge is 0.494 e. The molecule has 0 aliphatic rings. The standard InChI is InChI=1S/C17H15FN2O2S/c1-2-22-12-7-8-14-15(10-12)23-17(19-14)20-16(21)9-11-5-3-4-6-13(11)18/h3-8,10H,2,9H2,1H3,(H,19,20,21). The van der Waals surface area contributed by atoms with Gasteiger partial charge in [0.1, 0.15) is 11.6 Å². The summed E-state index contributed by atoms with van der Waals surface area (Å²) in [5.41, 5.74) is 1.16. The maximum atomic E-state index is 13.6. The Morgan fingerprint density at radius 3 is 2.91 bits per heavy atom. The summed E-state index contributed by atoms with van der Waals surface area (Å²) in [7, 11) is 0. The van der Waals surface area contributed by atoms with Crippen molar-refractivity contribution in [2.75, 3.05) is 11.9 Å². The minimum absolute atomic E-state index is 0.0210. The molecule has 4 nitrogen and oxygen atoms in total. The second-order valence-electron chi connectivity index (χ2n) is 4.90. The molecule has 3 aromatic rings. The highest BCUT2D eigenvalue weighted by atomic mass is 32.1. The van der Waals surface area contributed by atoms with Crippen molar-refractivity contribution in [2.45, 2.75) is 13.3 Å². The molecule has 1 heterocycles. The van der Waals surface area contributed by atoms with Crippen LogP contribution in [0.5, 0.6) is 5.75 Å². The van der Waals surface area contributed by atoms with E-state index >= 15 is 0 Å². The molecule has 0 bridgehead atoms. The number of benzene rings is 2. The maximum absolute atomic E-state index is 13.6. The number of hydrogen-bond donors (Lipinski definition) is 1. The zero-order chi connectivity index (χ0) is 16.2. The number of aromatic nitrogens is 1. The molecule has 0 atom stereocenters. The Bertz CT molecular complexity index is 847. The van der Waals surface area contributed by atoms with Crippen LogP contribution in [0.2, 0.25) is 0 Å². The molecule has 2 aromatic carbocycles. The molecular weight excluding hydrogens is 315 g/mol.